The second-order valence-electron chi connectivity index (χ2n) is 6.94. The minimum absolute atomic E-state index is 0.248. The average molecular weight is 387 g/mol. The van der Waals surface area contributed by atoms with Crippen LogP contribution in [0.3, 0.4) is 0 Å². The van der Waals surface area contributed by atoms with Crippen LogP contribution in [0.2, 0.25) is 0 Å². The maximum atomic E-state index is 11.8. The number of ether oxygens (including phenoxy) is 4. The van der Waals surface area contributed by atoms with Gasteiger partial charge in [-0.05, 0) is 54.7 Å². The van der Waals surface area contributed by atoms with Crippen LogP contribution in [0.4, 0.5) is 0 Å². The van der Waals surface area contributed by atoms with Crippen molar-refractivity contribution in [3.63, 3.8) is 0 Å². The Balaban J connectivity index is 1.95. The molecule has 5 nitrogen and oxygen atoms in total. The lowest BCUT2D eigenvalue weighted by atomic mass is 9.73. The first-order valence-electron chi connectivity index (χ1n) is 10.2. The highest BCUT2D eigenvalue weighted by Gasteiger charge is 2.38. The fourth-order valence-electron chi connectivity index (χ4n) is 3.81. The van der Waals surface area contributed by atoms with Crippen molar-refractivity contribution in [2.24, 2.45) is 0 Å². The van der Waals surface area contributed by atoms with Gasteiger partial charge in [-0.3, -0.25) is 0 Å². The van der Waals surface area contributed by atoms with E-state index in [4.69, 9.17) is 20.3 Å². The second-order valence-corrected chi connectivity index (χ2v) is 6.94. The highest BCUT2D eigenvalue weighted by Crippen LogP contribution is 2.43. The molecule has 0 saturated carbocycles. The predicted molar refractivity (Wildman–Crippen MR) is 108 cm³/mol. The molecular formula is C23H30O5. The lowest BCUT2D eigenvalue weighted by molar-refractivity contribution is -0.0590. The van der Waals surface area contributed by atoms with Gasteiger partial charge in [0.2, 0.25) is 0 Å². The summed E-state index contributed by atoms with van der Waals surface area (Å²) in [4.78, 5) is 0. The molecule has 28 heavy (non-hydrogen) atoms. The van der Waals surface area contributed by atoms with Crippen LogP contribution in [0.25, 0.3) is 0 Å². The van der Waals surface area contributed by atoms with E-state index >= 15 is 0 Å². The van der Waals surface area contributed by atoms with E-state index in [0.717, 1.165) is 22.6 Å². The van der Waals surface area contributed by atoms with Gasteiger partial charge in [-0.2, -0.15) is 0 Å². The summed E-state index contributed by atoms with van der Waals surface area (Å²) in [6, 6.07) is 15.3. The molecule has 5 heteroatoms. The number of methoxy groups -OCH3 is 2. The standard InChI is InChI=1S/C23H30O5/c1-4-23(24,18-7-11-20(26-3)12-8-18)21(13-14-22-27-15-16-28-22)17-5-9-19(25-2)10-6-17/h5-12,21-22,24H,4,13-16H2,1-3H3/t21-,23+/m1/s1/i22D. The molecule has 0 radical (unpaired) electrons. The zero-order valence-electron chi connectivity index (χ0n) is 17.8. The molecule has 2 atom stereocenters. The molecule has 0 amide bonds. The second kappa shape index (κ2) is 9.41. The Morgan fingerprint density at radius 2 is 1.57 bits per heavy atom. The zero-order chi connectivity index (χ0) is 20.9. The minimum atomic E-state index is -1.35. The van der Waals surface area contributed by atoms with Crippen molar-refractivity contribution in [3.8, 4) is 11.5 Å². The van der Waals surface area contributed by atoms with Gasteiger partial charge in [0.25, 0.3) is 0 Å². The first-order valence-corrected chi connectivity index (χ1v) is 9.73. The van der Waals surface area contributed by atoms with Gasteiger partial charge in [-0.25, -0.2) is 0 Å². The average Bonchev–Trinajstić information content (AvgIpc) is 3.20. The van der Waals surface area contributed by atoms with Crippen LogP contribution in [-0.2, 0) is 15.1 Å². The van der Waals surface area contributed by atoms with Gasteiger partial charge in [-0.1, -0.05) is 31.2 Å². The van der Waals surface area contributed by atoms with Crippen LogP contribution in [-0.4, -0.2) is 38.8 Å². The molecule has 1 aliphatic rings. The fraction of sp³-hybridized carbons (Fsp3) is 0.478. The van der Waals surface area contributed by atoms with Crippen LogP contribution in [0.5, 0.6) is 11.5 Å². The predicted octanol–water partition coefficient (Wildman–Crippen LogP) is 4.24. The summed E-state index contributed by atoms with van der Waals surface area (Å²) in [5, 5.41) is 11.8. The number of rotatable bonds is 9. The molecule has 0 spiro atoms. The molecule has 1 aliphatic heterocycles. The maximum absolute atomic E-state index is 11.8. The largest absolute Gasteiger partial charge is 0.497 e. The first kappa shape index (κ1) is 19.2. The smallest absolute Gasteiger partial charge is 0.157 e. The van der Waals surface area contributed by atoms with Crippen molar-refractivity contribution >= 4 is 0 Å². The summed E-state index contributed by atoms with van der Waals surface area (Å²) in [6.45, 7) is 2.82. The van der Waals surface area contributed by atoms with Gasteiger partial charge in [0, 0.05) is 5.92 Å². The Labute approximate surface area is 168 Å². The van der Waals surface area contributed by atoms with Gasteiger partial charge >= 0.3 is 0 Å². The third kappa shape index (κ3) is 4.49. The molecule has 1 heterocycles. The van der Waals surface area contributed by atoms with E-state index in [2.05, 4.69) is 0 Å². The highest BCUT2D eigenvalue weighted by atomic mass is 16.7. The third-order valence-corrected chi connectivity index (χ3v) is 5.47. The van der Waals surface area contributed by atoms with Gasteiger partial charge in [0.1, 0.15) is 11.5 Å². The molecule has 1 fully saturated rings. The minimum Gasteiger partial charge on any atom is -0.497 e. The maximum Gasteiger partial charge on any atom is 0.157 e. The van der Waals surface area contributed by atoms with Crippen LogP contribution >= 0.6 is 0 Å². The van der Waals surface area contributed by atoms with Crippen molar-refractivity contribution in [1.29, 1.82) is 0 Å². The molecule has 1 N–H and O–H groups in total. The summed E-state index contributed by atoms with van der Waals surface area (Å²) < 4.78 is 29.8. The third-order valence-electron chi connectivity index (χ3n) is 5.47. The Kier molecular flexibility index (Phi) is 6.47. The van der Waals surface area contributed by atoms with Crippen LogP contribution < -0.4 is 9.47 Å². The van der Waals surface area contributed by atoms with E-state index in [1.807, 2.05) is 55.5 Å². The SMILES string of the molecule is [2H]C1(CC[C@H](c2ccc(OC)cc2)[C@](O)(CC)c2ccc(OC)cc2)OCCO1. The lowest BCUT2D eigenvalue weighted by Gasteiger charge is -2.37. The molecule has 152 valence electrons. The lowest BCUT2D eigenvalue weighted by Crippen LogP contribution is -2.33. The van der Waals surface area contributed by atoms with Gasteiger partial charge in [0.05, 0.1) is 34.4 Å². The molecule has 1 saturated heterocycles. The Hall–Kier alpha value is -2.08. The molecule has 0 aliphatic carbocycles. The molecule has 0 aromatic heterocycles. The van der Waals surface area contributed by atoms with Crippen molar-refractivity contribution in [1.82, 2.24) is 0 Å². The van der Waals surface area contributed by atoms with Crippen molar-refractivity contribution in [3.05, 3.63) is 59.7 Å². The number of benzene rings is 2. The summed E-state index contributed by atoms with van der Waals surface area (Å²) >= 11 is 0. The van der Waals surface area contributed by atoms with E-state index in [1.54, 1.807) is 14.2 Å². The highest BCUT2D eigenvalue weighted by molar-refractivity contribution is 5.37. The molecule has 0 bridgehead atoms. The van der Waals surface area contributed by atoms with Crippen molar-refractivity contribution in [2.75, 3.05) is 27.4 Å². The summed E-state index contributed by atoms with van der Waals surface area (Å²) in [5.41, 5.74) is 0.678. The normalized spacial score (nSPS) is 19.5. The summed E-state index contributed by atoms with van der Waals surface area (Å²) in [7, 11) is 3.25. The van der Waals surface area contributed by atoms with Gasteiger partial charge < -0.3 is 24.1 Å². The molecule has 3 rings (SSSR count). The summed E-state index contributed by atoms with van der Waals surface area (Å²) in [5.74, 6) is 1.25. The monoisotopic (exact) mass is 387 g/mol. The van der Waals surface area contributed by atoms with Crippen LogP contribution in [0.15, 0.2) is 48.5 Å². The Morgan fingerprint density at radius 1 is 1.04 bits per heavy atom. The van der Waals surface area contributed by atoms with E-state index in [0.29, 0.717) is 32.5 Å². The van der Waals surface area contributed by atoms with E-state index < -0.39 is 11.9 Å². The molecule has 2 aromatic rings. The molecule has 2 aromatic carbocycles. The fourth-order valence-corrected chi connectivity index (χ4v) is 3.81. The number of hydrogen-bond donors (Lipinski definition) is 1. The van der Waals surface area contributed by atoms with E-state index in [9.17, 15) is 5.11 Å². The molecule has 0 unspecified atom stereocenters. The van der Waals surface area contributed by atoms with Gasteiger partial charge in [0.15, 0.2) is 6.27 Å². The van der Waals surface area contributed by atoms with E-state index in [1.165, 1.54) is 0 Å². The Morgan fingerprint density at radius 3 is 2.07 bits per heavy atom. The number of hydrogen-bond acceptors (Lipinski definition) is 5. The first-order chi connectivity index (χ1) is 13.9. The molecular weight excluding hydrogens is 356 g/mol. The van der Waals surface area contributed by atoms with Gasteiger partial charge in [-0.15, -0.1) is 0 Å². The topological polar surface area (TPSA) is 57.2 Å². The van der Waals surface area contributed by atoms with E-state index in [-0.39, 0.29) is 5.92 Å². The van der Waals surface area contributed by atoms with Crippen LogP contribution in [0.1, 0.15) is 44.6 Å². The summed E-state index contributed by atoms with van der Waals surface area (Å²) in [6.07, 6.45) is 0.0659. The van der Waals surface area contributed by atoms with Crippen molar-refractivity contribution < 1.29 is 25.4 Å². The van der Waals surface area contributed by atoms with Crippen molar-refractivity contribution in [2.45, 2.75) is 44.0 Å². The zero-order valence-corrected chi connectivity index (χ0v) is 16.8. The van der Waals surface area contributed by atoms with Crippen LogP contribution in [0, 0.1) is 0 Å². The number of aliphatic hydroxyl groups is 1. The quantitative estimate of drug-likeness (QED) is 0.697. The Bertz CT molecular complexity index is 771.